The van der Waals surface area contributed by atoms with Gasteiger partial charge in [-0.1, -0.05) is 68.4 Å². The van der Waals surface area contributed by atoms with E-state index < -0.39 is 0 Å². The van der Waals surface area contributed by atoms with Crippen LogP contribution in [-0.2, 0) is 16.0 Å². The number of hydrogen-bond acceptors (Lipinski definition) is 3. The lowest BCUT2D eigenvalue weighted by atomic mass is 10.0. The van der Waals surface area contributed by atoms with E-state index in [1.165, 1.54) is 5.56 Å². The van der Waals surface area contributed by atoms with Gasteiger partial charge in [0, 0.05) is 11.4 Å². The first-order chi connectivity index (χ1) is 15.0. The fourth-order valence-electron chi connectivity index (χ4n) is 3.73. The van der Waals surface area contributed by atoms with E-state index >= 15 is 0 Å². The number of amides is 2. The number of carbonyl (C=O) groups excluding carboxylic acids is 2. The van der Waals surface area contributed by atoms with E-state index in [2.05, 4.69) is 31.3 Å². The average molecular weight is 431 g/mol. The maximum absolute atomic E-state index is 12.7. The van der Waals surface area contributed by atoms with E-state index in [4.69, 9.17) is 0 Å². The van der Waals surface area contributed by atoms with E-state index in [0.29, 0.717) is 18.1 Å². The zero-order chi connectivity index (χ0) is 21.8. The molecule has 0 saturated carbocycles. The van der Waals surface area contributed by atoms with Gasteiger partial charge in [-0.05, 0) is 46.9 Å². The van der Waals surface area contributed by atoms with Gasteiger partial charge in [0.1, 0.15) is 5.37 Å². The second-order valence-electron chi connectivity index (χ2n) is 8.01. The summed E-state index contributed by atoms with van der Waals surface area (Å²) in [5.74, 6) is 0.941. The van der Waals surface area contributed by atoms with Gasteiger partial charge in [0.15, 0.2) is 0 Å². The Morgan fingerprint density at radius 1 is 1.03 bits per heavy atom. The Morgan fingerprint density at radius 3 is 2.48 bits per heavy atom. The monoisotopic (exact) mass is 430 g/mol. The largest absolute Gasteiger partial charge is 0.326 e. The molecular formula is C26H26N2O2S. The van der Waals surface area contributed by atoms with Crippen molar-refractivity contribution in [3.63, 3.8) is 0 Å². The van der Waals surface area contributed by atoms with Crippen LogP contribution in [0.2, 0.25) is 0 Å². The standard InChI is InChI=1S/C26H26N2O2S/c1-18(2)20-11-13-23(14-12-20)28-25(30)17-31-26(28)21-9-6-10-22(16-21)27-24(29)15-19-7-4-3-5-8-19/h3-14,16,18,26H,15,17H2,1-2H3,(H,27,29)/t26-/m1/s1. The summed E-state index contributed by atoms with van der Waals surface area (Å²) in [6.07, 6.45) is 0.329. The van der Waals surface area contributed by atoms with Crippen LogP contribution in [0, 0.1) is 0 Å². The van der Waals surface area contributed by atoms with Crippen molar-refractivity contribution in [1.29, 1.82) is 0 Å². The maximum atomic E-state index is 12.7. The Labute approximate surface area is 187 Å². The molecule has 2 amide bonds. The summed E-state index contributed by atoms with van der Waals surface area (Å²) >= 11 is 1.61. The molecule has 0 radical (unpaired) electrons. The molecular weight excluding hydrogens is 404 g/mol. The van der Waals surface area contributed by atoms with Crippen molar-refractivity contribution < 1.29 is 9.59 Å². The van der Waals surface area contributed by atoms with Gasteiger partial charge in [-0.25, -0.2) is 0 Å². The minimum Gasteiger partial charge on any atom is -0.326 e. The van der Waals surface area contributed by atoms with Crippen molar-refractivity contribution in [2.45, 2.75) is 31.6 Å². The van der Waals surface area contributed by atoms with Crippen LogP contribution in [0.1, 0.15) is 41.8 Å². The van der Waals surface area contributed by atoms with Gasteiger partial charge in [-0.3, -0.25) is 14.5 Å². The summed E-state index contributed by atoms with van der Waals surface area (Å²) in [5, 5.41) is 2.88. The molecule has 1 saturated heterocycles. The second kappa shape index (κ2) is 9.40. The Kier molecular flexibility index (Phi) is 6.42. The zero-order valence-electron chi connectivity index (χ0n) is 17.7. The average Bonchev–Trinajstić information content (AvgIpc) is 3.16. The second-order valence-corrected chi connectivity index (χ2v) is 9.08. The molecule has 3 aromatic carbocycles. The highest BCUT2D eigenvalue weighted by Gasteiger charge is 2.34. The molecule has 0 aromatic heterocycles. The molecule has 0 spiro atoms. The lowest BCUT2D eigenvalue weighted by Gasteiger charge is -2.25. The van der Waals surface area contributed by atoms with Gasteiger partial charge < -0.3 is 5.32 Å². The Morgan fingerprint density at radius 2 is 1.77 bits per heavy atom. The molecule has 158 valence electrons. The molecule has 1 aliphatic rings. The van der Waals surface area contributed by atoms with Crippen molar-refractivity contribution in [3.05, 3.63) is 95.6 Å². The fraction of sp³-hybridized carbons (Fsp3) is 0.231. The third-order valence-electron chi connectivity index (χ3n) is 5.37. The highest BCUT2D eigenvalue weighted by atomic mass is 32.2. The van der Waals surface area contributed by atoms with Crippen LogP contribution in [0.3, 0.4) is 0 Å². The topological polar surface area (TPSA) is 49.4 Å². The third-order valence-corrected chi connectivity index (χ3v) is 6.58. The first kappa shape index (κ1) is 21.2. The summed E-state index contributed by atoms with van der Waals surface area (Å²) in [7, 11) is 0. The number of benzene rings is 3. The Hall–Kier alpha value is -3.05. The molecule has 0 bridgehead atoms. The fourth-order valence-corrected chi connectivity index (χ4v) is 4.89. The van der Waals surface area contributed by atoms with Crippen LogP contribution >= 0.6 is 11.8 Å². The predicted octanol–water partition coefficient (Wildman–Crippen LogP) is 5.77. The lowest BCUT2D eigenvalue weighted by molar-refractivity contribution is -0.116. The summed E-state index contributed by atoms with van der Waals surface area (Å²) < 4.78 is 0. The van der Waals surface area contributed by atoms with Crippen LogP contribution in [-0.4, -0.2) is 17.6 Å². The van der Waals surface area contributed by atoms with Crippen molar-refractivity contribution in [3.8, 4) is 0 Å². The molecule has 31 heavy (non-hydrogen) atoms. The van der Waals surface area contributed by atoms with Crippen molar-refractivity contribution >= 4 is 35.0 Å². The summed E-state index contributed by atoms with van der Waals surface area (Å²) in [5.41, 5.74) is 4.88. The smallest absolute Gasteiger partial charge is 0.238 e. The van der Waals surface area contributed by atoms with E-state index in [1.807, 2.05) is 71.6 Å². The van der Waals surface area contributed by atoms with Gasteiger partial charge in [0.05, 0.1) is 12.2 Å². The number of hydrogen-bond donors (Lipinski definition) is 1. The molecule has 3 aromatic rings. The first-order valence-electron chi connectivity index (χ1n) is 10.5. The van der Waals surface area contributed by atoms with Gasteiger partial charge in [-0.15, -0.1) is 11.8 Å². The van der Waals surface area contributed by atoms with Gasteiger partial charge >= 0.3 is 0 Å². The van der Waals surface area contributed by atoms with E-state index in [1.54, 1.807) is 11.8 Å². The van der Waals surface area contributed by atoms with Gasteiger partial charge in [0.2, 0.25) is 11.8 Å². The summed E-state index contributed by atoms with van der Waals surface area (Å²) in [6.45, 7) is 4.32. The number of carbonyl (C=O) groups is 2. The van der Waals surface area contributed by atoms with Crippen molar-refractivity contribution in [2.24, 2.45) is 0 Å². The SMILES string of the molecule is CC(C)c1ccc(N2C(=O)CS[C@@H]2c2cccc(NC(=O)Cc3ccccc3)c2)cc1. The lowest BCUT2D eigenvalue weighted by Crippen LogP contribution is -2.27. The van der Waals surface area contributed by atoms with Crippen LogP contribution in [0.5, 0.6) is 0 Å². The Balaban J connectivity index is 1.51. The molecule has 4 rings (SSSR count). The molecule has 1 heterocycles. The van der Waals surface area contributed by atoms with Gasteiger partial charge in [0.25, 0.3) is 0 Å². The molecule has 1 aliphatic heterocycles. The predicted molar refractivity (Wildman–Crippen MR) is 128 cm³/mol. The summed E-state index contributed by atoms with van der Waals surface area (Å²) in [6, 6.07) is 25.7. The van der Waals surface area contributed by atoms with E-state index in [-0.39, 0.29) is 17.2 Å². The van der Waals surface area contributed by atoms with E-state index in [9.17, 15) is 9.59 Å². The summed E-state index contributed by atoms with van der Waals surface area (Å²) in [4.78, 5) is 27.0. The quantitative estimate of drug-likeness (QED) is 0.540. The number of thioether (sulfide) groups is 1. The minimum atomic E-state index is -0.108. The highest BCUT2D eigenvalue weighted by molar-refractivity contribution is 8.00. The van der Waals surface area contributed by atoms with Crippen LogP contribution in [0.25, 0.3) is 0 Å². The minimum absolute atomic E-state index is 0.0559. The number of nitrogens with zero attached hydrogens (tertiary/aromatic N) is 1. The molecule has 5 heteroatoms. The number of nitrogens with one attached hydrogen (secondary N) is 1. The molecule has 1 fully saturated rings. The molecule has 1 atom stereocenters. The number of anilines is 2. The maximum Gasteiger partial charge on any atom is 0.238 e. The molecule has 4 nitrogen and oxygen atoms in total. The van der Waals surface area contributed by atoms with Crippen molar-refractivity contribution in [1.82, 2.24) is 0 Å². The zero-order valence-corrected chi connectivity index (χ0v) is 18.6. The first-order valence-corrected chi connectivity index (χ1v) is 11.5. The highest BCUT2D eigenvalue weighted by Crippen LogP contribution is 2.42. The van der Waals surface area contributed by atoms with E-state index in [0.717, 1.165) is 22.5 Å². The number of rotatable bonds is 6. The normalized spacial score (nSPS) is 16.0. The Bertz CT molecular complexity index is 1060. The van der Waals surface area contributed by atoms with Crippen LogP contribution < -0.4 is 10.2 Å². The van der Waals surface area contributed by atoms with Crippen molar-refractivity contribution in [2.75, 3.05) is 16.0 Å². The molecule has 0 aliphatic carbocycles. The van der Waals surface area contributed by atoms with Gasteiger partial charge in [-0.2, -0.15) is 0 Å². The van der Waals surface area contributed by atoms with Crippen LogP contribution in [0.15, 0.2) is 78.9 Å². The third kappa shape index (κ3) is 5.00. The molecule has 0 unspecified atom stereocenters. The molecule has 1 N–H and O–H groups in total. The van der Waals surface area contributed by atoms with Crippen LogP contribution in [0.4, 0.5) is 11.4 Å².